The van der Waals surface area contributed by atoms with Gasteiger partial charge in [-0.2, -0.15) is 0 Å². The van der Waals surface area contributed by atoms with Crippen molar-refractivity contribution in [2.75, 3.05) is 6.54 Å². The molecule has 3 aromatic rings. The van der Waals surface area contributed by atoms with Crippen LogP contribution in [-0.4, -0.2) is 27.5 Å². The highest BCUT2D eigenvalue weighted by molar-refractivity contribution is 9.10. The van der Waals surface area contributed by atoms with E-state index in [2.05, 4.69) is 26.1 Å². The molecule has 3 rings (SSSR count). The molecular weight excluding hydrogens is 374 g/mol. The summed E-state index contributed by atoms with van der Waals surface area (Å²) >= 11 is 3.37. The molecular formula is C17H16BrN3O3. The summed E-state index contributed by atoms with van der Waals surface area (Å²) in [5.74, 6) is 1.12. The lowest BCUT2D eigenvalue weighted by molar-refractivity contribution is 0.0728. The summed E-state index contributed by atoms with van der Waals surface area (Å²) in [4.78, 5) is 14.4. The van der Waals surface area contributed by atoms with Crippen molar-refractivity contribution in [3.63, 3.8) is 0 Å². The molecule has 1 aromatic carbocycles. The fourth-order valence-electron chi connectivity index (χ4n) is 2.28. The topological polar surface area (TPSA) is 72.4 Å². The number of benzene rings is 1. The van der Waals surface area contributed by atoms with Crippen LogP contribution >= 0.6 is 15.9 Å². The van der Waals surface area contributed by atoms with Crippen molar-refractivity contribution < 1.29 is 13.6 Å². The molecule has 0 bridgehead atoms. The van der Waals surface area contributed by atoms with Crippen molar-refractivity contribution in [3.05, 3.63) is 58.6 Å². The van der Waals surface area contributed by atoms with Gasteiger partial charge in [0.05, 0.1) is 12.8 Å². The molecule has 124 valence electrons. The van der Waals surface area contributed by atoms with Crippen molar-refractivity contribution in [1.82, 2.24) is 15.1 Å². The Hall–Kier alpha value is -2.41. The predicted octanol–water partition coefficient (Wildman–Crippen LogP) is 4.14. The number of carbonyl (C=O) groups excluding carboxylic acids is 1. The van der Waals surface area contributed by atoms with Crippen molar-refractivity contribution in [2.45, 2.75) is 19.9 Å². The Morgan fingerprint density at radius 3 is 2.67 bits per heavy atom. The Balaban J connectivity index is 1.76. The Morgan fingerprint density at radius 2 is 2.00 bits per heavy atom. The maximum absolute atomic E-state index is 12.7. The zero-order valence-electron chi connectivity index (χ0n) is 13.1. The van der Waals surface area contributed by atoms with E-state index in [1.54, 1.807) is 35.4 Å². The highest BCUT2D eigenvalue weighted by Crippen LogP contribution is 2.19. The quantitative estimate of drug-likeness (QED) is 0.633. The minimum absolute atomic E-state index is 0.0675. The molecule has 0 aliphatic rings. The van der Waals surface area contributed by atoms with E-state index in [1.165, 1.54) is 0 Å². The normalized spacial score (nSPS) is 10.8. The Morgan fingerprint density at radius 1 is 1.21 bits per heavy atom. The van der Waals surface area contributed by atoms with Gasteiger partial charge in [0.25, 0.3) is 11.8 Å². The van der Waals surface area contributed by atoms with Crippen molar-refractivity contribution in [3.8, 4) is 11.7 Å². The van der Waals surface area contributed by atoms with Gasteiger partial charge in [0.15, 0.2) is 5.76 Å². The van der Waals surface area contributed by atoms with Gasteiger partial charge in [-0.3, -0.25) is 4.79 Å². The summed E-state index contributed by atoms with van der Waals surface area (Å²) in [5, 5.41) is 7.97. The third-order valence-electron chi connectivity index (χ3n) is 3.40. The highest BCUT2D eigenvalue weighted by Gasteiger charge is 2.19. The number of aromatic nitrogens is 2. The van der Waals surface area contributed by atoms with E-state index in [9.17, 15) is 4.79 Å². The average Bonchev–Trinajstić information content (AvgIpc) is 3.26. The fraction of sp³-hybridized carbons (Fsp3) is 0.235. The van der Waals surface area contributed by atoms with Crippen LogP contribution < -0.4 is 0 Å². The molecule has 0 saturated heterocycles. The number of furan rings is 1. The SMILES string of the molecule is CCCN(Cc1nnc(-c2ccco2)o1)C(=O)c1ccc(Br)cc1. The van der Waals surface area contributed by atoms with Gasteiger partial charge in [0.2, 0.25) is 5.89 Å². The van der Waals surface area contributed by atoms with Crippen LogP contribution in [0.3, 0.4) is 0 Å². The third-order valence-corrected chi connectivity index (χ3v) is 3.93. The largest absolute Gasteiger partial charge is 0.459 e. The lowest BCUT2D eigenvalue weighted by Crippen LogP contribution is -2.31. The monoisotopic (exact) mass is 389 g/mol. The maximum atomic E-state index is 12.7. The van der Waals surface area contributed by atoms with Crippen molar-refractivity contribution >= 4 is 21.8 Å². The number of amides is 1. The lowest BCUT2D eigenvalue weighted by atomic mass is 10.2. The summed E-state index contributed by atoms with van der Waals surface area (Å²) < 4.78 is 11.8. The van der Waals surface area contributed by atoms with Crippen LogP contribution in [-0.2, 0) is 6.54 Å². The number of hydrogen-bond donors (Lipinski definition) is 0. The summed E-state index contributed by atoms with van der Waals surface area (Å²) in [5.41, 5.74) is 0.623. The summed E-state index contributed by atoms with van der Waals surface area (Å²) in [6.45, 7) is 2.88. The van der Waals surface area contributed by atoms with E-state index in [0.29, 0.717) is 29.6 Å². The molecule has 0 aliphatic heterocycles. The van der Waals surface area contributed by atoms with Crippen LogP contribution in [0.15, 0.2) is 56.0 Å². The van der Waals surface area contributed by atoms with E-state index in [4.69, 9.17) is 8.83 Å². The number of rotatable bonds is 6. The van der Waals surface area contributed by atoms with E-state index in [0.717, 1.165) is 10.9 Å². The smallest absolute Gasteiger partial charge is 0.283 e. The van der Waals surface area contributed by atoms with Crippen LogP contribution in [0.4, 0.5) is 0 Å². The van der Waals surface area contributed by atoms with E-state index in [1.807, 2.05) is 19.1 Å². The predicted molar refractivity (Wildman–Crippen MR) is 91.2 cm³/mol. The molecule has 6 nitrogen and oxygen atoms in total. The van der Waals surface area contributed by atoms with Crippen LogP contribution in [0.25, 0.3) is 11.7 Å². The summed E-state index contributed by atoms with van der Waals surface area (Å²) in [6, 6.07) is 10.8. The number of halogens is 1. The zero-order chi connectivity index (χ0) is 16.9. The standard InChI is InChI=1S/C17H16BrN3O3/c1-2-9-21(17(22)12-5-7-13(18)8-6-12)11-15-19-20-16(24-15)14-4-3-10-23-14/h3-8,10H,2,9,11H2,1H3. The Labute approximate surface area is 147 Å². The Kier molecular flexibility index (Phi) is 5.10. The van der Waals surface area contributed by atoms with E-state index in [-0.39, 0.29) is 12.5 Å². The minimum atomic E-state index is -0.0675. The van der Waals surface area contributed by atoms with Gasteiger partial charge in [-0.1, -0.05) is 22.9 Å². The maximum Gasteiger partial charge on any atom is 0.283 e. The first-order valence-corrected chi connectivity index (χ1v) is 8.37. The molecule has 0 N–H and O–H groups in total. The minimum Gasteiger partial charge on any atom is -0.459 e. The molecule has 0 unspecified atom stereocenters. The molecule has 0 fully saturated rings. The Bertz CT molecular complexity index is 797. The lowest BCUT2D eigenvalue weighted by Gasteiger charge is -2.20. The highest BCUT2D eigenvalue weighted by atomic mass is 79.9. The third kappa shape index (κ3) is 3.73. The molecule has 2 heterocycles. The van der Waals surface area contributed by atoms with Crippen LogP contribution in [0.1, 0.15) is 29.6 Å². The molecule has 2 aromatic heterocycles. The van der Waals surface area contributed by atoms with Gasteiger partial charge in [0.1, 0.15) is 0 Å². The fourth-order valence-corrected chi connectivity index (χ4v) is 2.54. The van der Waals surface area contributed by atoms with Crippen LogP contribution in [0.2, 0.25) is 0 Å². The van der Waals surface area contributed by atoms with E-state index < -0.39 is 0 Å². The molecule has 0 aliphatic carbocycles. The first kappa shape index (κ1) is 16.4. The molecule has 0 spiro atoms. The zero-order valence-corrected chi connectivity index (χ0v) is 14.7. The molecule has 0 atom stereocenters. The average molecular weight is 390 g/mol. The second-order valence-electron chi connectivity index (χ2n) is 5.21. The first-order valence-electron chi connectivity index (χ1n) is 7.58. The molecule has 0 saturated carbocycles. The molecule has 24 heavy (non-hydrogen) atoms. The molecule has 1 amide bonds. The van der Waals surface area contributed by atoms with E-state index >= 15 is 0 Å². The van der Waals surface area contributed by atoms with Gasteiger partial charge < -0.3 is 13.7 Å². The van der Waals surface area contributed by atoms with Gasteiger partial charge in [-0.25, -0.2) is 0 Å². The summed E-state index contributed by atoms with van der Waals surface area (Å²) in [6.07, 6.45) is 2.38. The van der Waals surface area contributed by atoms with Gasteiger partial charge in [0, 0.05) is 16.6 Å². The molecule has 7 heteroatoms. The summed E-state index contributed by atoms with van der Waals surface area (Å²) in [7, 11) is 0. The van der Waals surface area contributed by atoms with Gasteiger partial charge in [-0.05, 0) is 42.8 Å². The number of hydrogen-bond acceptors (Lipinski definition) is 5. The first-order chi connectivity index (χ1) is 11.7. The van der Waals surface area contributed by atoms with Crippen LogP contribution in [0.5, 0.6) is 0 Å². The number of nitrogens with zero attached hydrogens (tertiary/aromatic N) is 3. The second kappa shape index (κ2) is 7.44. The molecule has 0 radical (unpaired) electrons. The van der Waals surface area contributed by atoms with Crippen molar-refractivity contribution in [1.29, 1.82) is 0 Å². The van der Waals surface area contributed by atoms with Crippen LogP contribution in [0, 0.1) is 0 Å². The second-order valence-corrected chi connectivity index (χ2v) is 6.13. The van der Waals surface area contributed by atoms with Gasteiger partial charge in [-0.15, -0.1) is 10.2 Å². The van der Waals surface area contributed by atoms with Gasteiger partial charge >= 0.3 is 0 Å². The van der Waals surface area contributed by atoms with Crippen molar-refractivity contribution in [2.24, 2.45) is 0 Å². The number of carbonyl (C=O) groups is 1.